The van der Waals surface area contributed by atoms with Gasteiger partial charge in [0.1, 0.15) is 0 Å². The van der Waals surface area contributed by atoms with Crippen molar-refractivity contribution >= 4 is 22.2 Å². The lowest BCUT2D eigenvalue weighted by molar-refractivity contribution is 1.26. The van der Waals surface area contributed by atoms with E-state index < -0.39 is 0 Å². The van der Waals surface area contributed by atoms with Gasteiger partial charge in [0.05, 0.1) is 11.4 Å². The van der Waals surface area contributed by atoms with Crippen LogP contribution in [-0.4, -0.2) is 10.7 Å². The summed E-state index contributed by atoms with van der Waals surface area (Å²) < 4.78 is 0. The predicted octanol–water partition coefficient (Wildman–Crippen LogP) is 5.57. The van der Waals surface area contributed by atoms with Crippen LogP contribution in [0.5, 0.6) is 0 Å². The number of hydrazone groups is 1. The van der Waals surface area contributed by atoms with Gasteiger partial charge in [-0.25, -0.2) is 4.98 Å². The molecule has 1 N–H and O–H groups in total. The number of nitrogens with zero attached hydrogens (tertiary/aromatic N) is 2. The molecule has 0 bridgehead atoms. The second kappa shape index (κ2) is 6.97. The molecule has 4 heteroatoms. The van der Waals surface area contributed by atoms with Crippen molar-refractivity contribution in [2.75, 3.05) is 5.43 Å². The van der Waals surface area contributed by atoms with Crippen molar-refractivity contribution < 1.29 is 0 Å². The Morgan fingerprint density at radius 3 is 2.46 bits per heavy atom. The van der Waals surface area contributed by atoms with Gasteiger partial charge < -0.3 is 0 Å². The summed E-state index contributed by atoms with van der Waals surface area (Å²) >= 11 is 1.57. The Bertz CT molecular complexity index is 876. The molecular weight excluding hydrogens is 314 g/mol. The van der Waals surface area contributed by atoms with Gasteiger partial charge in [-0.1, -0.05) is 47.5 Å². The first-order valence-corrected chi connectivity index (χ1v) is 8.81. The van der Waals surface area contributed by atoms with E-state index in [4.69, 9.17) is 0 Å². The lowest BCUT2D eigenvalue weighted by Gasteiger charge is -2.04. The predicted molar refractivity (Wildman–Crippen MR) is 104 cm³/mol. The number of hydrogen-bond donors (Lipinski definition) is 1. The molecule has 2 aromatic carbocycles. The lowest BCUT2D eigenvalue weighted by Crippen LogP contribution is -1.99. The van der Waals surface area contributed by atoms with E-state index in [-0.39, 0.29) is 0 Å². The van der Waals surface area contributed by atoms with E-state index in [1.807, 2.05) is 6.92 Å². The number of aromatic nitrogens is 1. The highest BCUT2D eigenvalue weighted by molar-refractivity contribution is 7.14. The summed E-state index contributed by atoms with van der Waals surface area (Å²) in [6.45, 7) is 8.29. The van der Waals surface area contributed by atoms with E-state index in [0.29, 0.717) is 0 Å². The number of rotatable bonds is 4. The molecule has 1 heterocycles. The van der Waals surface area contributed by atoms with Crippen LogP contribution in [0.4, 0.5) is 5.13 Å². The van der Waals surface area contributed by atoms with Gasteiger partial charge >= 0.3 is 0 Å². The second-order valence-corrected chi connectivity index (χ2v) is 6.89. The third kappa shape index (κ3) is 3.71. The zero-order valence-corrected chi connectivity index (χ0v) is 15.2. The van der Waals surface area contributed by atoms with E-state index in [2.05, 4.69) is 84.1 Å². The maximum absolute atomic E-state index is 4.66. The van der Waals surface area contributed by atoms with Gasteiger partial charge in [0.15, 0.2) is 0 Å². The molecule has 0 aliphatic carbocycles. The minimum atomic E-state index is 0.803. The SMILES string of the molecule is C/C(=N/Nc1nc(-c2cc(C)ccc2C)cs1)c1ccc(C)cc1. The molecular formula is C20H21N3S. The molecule has 0 atom stereocenters. The number of thiazole rings is 1. The molecule has 122 valence electrons. The molecule has 3 nitrogen and oxygen atoms in total. The third-order valence-corrected chi connectivity index (χ3v) is 4.71. The Morgan fingerprint density at radius 1 is 1.00 bits per heavy atom. The van der Waals surface area contributed by atoms with E-state index >= 15 is 0 Å². The van der Waals surface area contributed by atoms with Crippen molar-refractivity contribution in [2.45, 2.75) is 27.7 Å². The second-order valence-electron chi connectivity index (χ2n) is 6.03. The van der Waals surface area contributed by atoms with Crippen LogP contribution in [-0.2, 0) is 0 Å². The fourth-order valence-corrected chi connectivity index (χ4v) is 3.10. The highest BCUT2D eigenvalue weighted by atomic mass is 32.1. The molecule has 0 fully saturated rings. The smallest absolute Gasteiger partial charge is 0.203 e. The van der Waals surface area contributed by atoms with E-state index in [1.165, 1.54) is 22.3 Å². The fraction of sp³-hybridized carbons (Fsp3) is 0.200. The number of benzene rings is 2. The quantitative estimate of drug-likeness (QED) is 0.500. The monoisotopic (exact) mass is 335 g/mol. The number of nitrogens with one attached hydrogen (secondary N) is 1. The molecule has 3 rings (SSSR count). The maximum Gasteiger partial charge on any atom is 0.203 e. The van der Waals surface area contributed by atoms with Crippen LogP contribution < -0.4 is 5.43 Å². The highest BCUT2D eigenvalue weighted by Gasteiger charge is 2.07. The van der Waals surface area contributed by atoms with Gasteiger partial charge in [-0.15, -0.1) is 11.3 Å². The summed E-state index contributed by atoms with van der Waals surface area (Å²) in [7, 11) is 0. The molecule has 0 unspecified atom stereocenters. The largest absolute Gasteiger partial charge is 0.252 e. The Hall–Kier alpha value is -2.46. The third-order valence-electron chi connectivity index (χ3n) is 3.96. The molecule has 1 aromatic heterocycles. The fourth-order valence-electron chi connectivity index (χ4n) is 2.45. The maximum atomic E-state index is 4.66. The molecule has 24 heavy (non-hydrogen) atoms. The molecule has 0 amide bonds. The van der Waals surface area contributed by atoms with Crippen LogP contribution in [0.3, 0.4) is 0 Å². The zero-order chi connectivity index (χ0) is 17.1. The topological polar surface area (TPSA) is 37.3 Å². The number of anilines is 1. The number of hydrogen-bond acceptors (Lipinski definition) is 4. The van der Waals surface area contributed by atoms with Gasteiger partial charge in [0, 0.05) is 10.9 Å². The summed E-state index contributed by atoms with van der Waals surface area (Å²) in [5.74, 6) is 0. The Labute approximate surface area is 147 Å². The summed E-state index contributed by atoms with van der Waals surface area (Å²) in [6, 6.07) is 14.8. The summed E-state index contributed by atoms with van der Waals surface area (Å²) in [5.41, 5.74) is 11.0. The first kappa shape index (κ1) is 16.4. The Morgan fingerprint density at radius 2 is 1.71 bits per heavy atom. The van der Waals surface area contributed by atoms with Gasteiger partial charge in [0.25, 0.3) is 0 Å². The first-order valence-electron chi connectivity index (χ1n) is 7.93. The normalized spacial score (nSPS) is 11.6. The Kier molecular flexibility index (Phi) is 4.76. The van der Waals surface area contributed by atoms with E-state index in [1.54, 1.807) is 11.3 Å². The first-order chi connectivity index (χ1) is 11.5. The number of aryl methyl sites for hydroxylation is 3. The van der Waals surface area contributed by atoms with E-state index in [9.17, 15) is 0 Å². The zero-order valence-electron chi connectivity index (χ0n) is 14.4. The van der Waals surface area contributed by atoms with Crippen molar-refractivity contribution in [3.8, 4) is 11.3 Å². The van der Waals surface area contributed by atoms with Crippen LogP contribution in [0.15, 0.2) is 52.9 Å². The van der Waals surface area contributed by atoms with Gasteiger partial charge in [-0.2, -0.15) is 5.10 Å². The van der Waals surface area contributed by atoms with Crippen LogP contribution >= 0.6 is 11.3 Å². The average molecular weight is 335 g/mol. The van der Waals surface area contributed by atoms with Crippen molar-refractivity contribution in [1.29, 1.82) is 0 Å². The van der Waals surface area contributed by atoms with Crippen LogP contribution in [0, 0.1) is 20.8 Å². The summed E-state index contributed by atoms with van der Waals surface area (Å²) in [6.07, 6.45) is 0. The molecule has 3 aromatic rings. The molecule has 0 saturated heterocycles. The van der Waals surface area contributed by atoms with Gasteiger partial charge in [0.2, 0.25) is 5.13 Å². The van der Waals surface area contributed by atoms with Gasteiger partial charge in [-0.05, 0) is 44.9 Å². The van der Waals surface area contributed by atoms with Gasteiger partial charge in [-0.3, -0.25) is 5.43 Å². The van der Waals surface area contributed by atoms with Crippen molar-refractivity contribution in [3.63, 3.8) is 0 Å². The van der Waals surface area contributed by atoms with Crippen LogP contribution in [0.25, 0.3) is 11.3 Å². The van der Waals surface area contributed by atoms with Crippen molar-refractivity contribution in [1.82, 2.24) is 4.98 Å². The molecule has 0 saturated carbocycles. The van der Waals surface area contributed by atoms with Crippen LogP contribution in [0.2, 0.25) is 0 Å². The minimum absolute atomic E-state index is 0.803. The van der Waals surface area contributed by atoms with E-state index in [0.717, 1.165) is 22.1 Å². The molecule has 0 radical (unpaired) electrons. The summed E-state index contributed by atoms with van der Waals surface area (Å²) in [5, 5.41) is 7.33. The highest BCUT2D eigenvalue weighted by Crippen LogP contribution is 2.28. The molecule has 0 aliphatic rings. The molecule has 0 spiro atoms. The summed E-state index contributed by atoms with van der Waals surface area (Å²) in [4.78, 5) is 4.66. The standard InChI is InChI=1S/C20H21N3S/c1-13-6-9-17(10-7-13)16(4)22-23-20-21-19(12-24-20)18-11-14(2)5-8-15(18)3/h5-12H,1-4H3,(H,21,23)/b22-16-. The Balaban J connectivity index is 1.77. The lowest BCUT2D eigenvalue weighted by atomic mass is 10.0. The minimum Gasteiger partial charge on any atom is -0.252 e. The average Bonchev–Trinajstić information content (AvgIpc) is 3.04. The molecule has 0 aliphatic heterocycles. The van der Waals surface area contributed by atoms with Crippen molar-refractivity contribution in [2.24, 2.45) is 5.10 Å². The van der Waals surface area contributed by atoms with Crippen molar-refractivity contribution in [3.05, 3.63) is 70.1 Å². The van der Waals surface area contributed by atoms with Crippen LogP contribution in [0.1, 0.15) is 29.2 Å².